The number of carbonyl (C=O) groups excluding carboxylic acids is 1. The Labute approximate surface area is 169 Å². The maximum atomic E-state index is 12.3. The molecule has 1 amide bonds. The second-order valence-electron chi connectivity index (χ2n) is 7.15. The summed E-state index contributed by atoms with van der Waals surface area (Å²) in [5, 5.41) is 12.1. The van der Waals surface area contributed by atoms with Gasteiger partial charge in [0.25, 0.3) is 0 Å². The van der Waals surface area contributed by atoms with Crippen molar-refractivity contribution in [2.24, 2.45) is 0 Å². The Morgan fingerprint density at radius 2 is 1.72 bits per heavy atom. The summed E-state index contributed by atoms with van der Waals surface area (Å²) in [6.45, 7) is 5.73. The first-order valence-electron chi connectivity index (χ1n) is 9.71. The summed E-state index contributed by atoms with van der Waals surface area (Å²) in [5.74, 6) is 0.786. The monoisotopic (exact) mass is 392 g/mol. The minimum absolute atomic E-state index is 0.266. The van der Waals surface area contributed by atoms with Crippen molar-refractivity contribution >= 4 is 6.09 Å². The number of tetrazole rings is 1. The summed E-state index contributed by atoms with van der Waals surface area (Å²) in [7, 11) is 0. The first-order chi connectivity index (χ1) is 14.2. The Bertz CT molecular complexity index is 933. The van der Waals surface area contributed by atoms with E-state index in [0.29, 0.717) is 26.2 Å². The molecule has 1 aromatic heterocycles. The molecule has 29 heavy (non-hydrogen) atoms. The van der Waals surface area contributed by atoms with E-state index < -0.39 is 0 Å². The number of benzene rings is 2. The van der Waals surface area contributed by atoms with E-state index in [2.05, 4.69) is 27.3 Å². The van der Waals surface area contributed by atoms with Gasteiger partial charge in [0, 0.05) is 26.2 Å². The molecule has 0 radical (unpaired) electrons. The van der Waals surface area contributed by atoms with E-state index in [-0.39, 0.29) is 6.09 Å². The third-order valence-corrected chi connectivity index (χ3v) is 5.01. The summed E-state index contributed by atoms with van der Waals surface area (Å²) in [6, 6.07) is 17.8. The van der Waals surface area contributed by atoms with Crippen molar-refractivity contribution in [3.63, 3.8) is 0 Å². The Morgan fingerprint density at radius 1 is 1.00 bits per heavy atom. The SMILES string of the molecule is Cc1ccc(-n2nnnc2CN2CCN(C(=O)OCc3ccccc3)CC2)cc1. The third-order valence-electron chi connectivity index (χ3n) is 5.01. The van der Waals surface area contributed by atoms with Gasteiger partial charge in [0.1, 0.15) is 6.61 Å². The topological polar surface area (TPSA) is 76.4 Å². The molecule has 0 bridgehead atoms. The molecule has 0 spiro atoms. The van der Waals surface area contributed by atoms with Gasteiger partial charge >= 0.3 is 6.09 Å². The molecule has 0 N–H and O–H groups in total. The number of piperazine rings is 1. The molecule has 1 aliphatic rings. The molecule has 1 saturated heterocycles. The lowest BCUT2D eigenvalue weighted by atomic mass is 10.2. The average Bonchev–Trinajstić information content (AvgIpc) is 3.22. The van der Waals surface area contributed by atoms with E-state index in [4.69, 9.17) is 4.74 Å². The Hall–Kier alpha value is -3.26. The van der Waals surface area contributed by atoms with E-state index in [1.54, 1.807) is 9.58 Å². The van der Waals surface area contributed by atoms with E-state index in [1.165, 1.54) is 5.56 Å². The van der Waals surface area contributed by atoms with Gasteiger partial charge in [-0.2, -0.15) is 4.68 Å². The van der Waals surface area contributed by atoms with Gasteiger partial charge in [0.15, 0.2) is 5.82 Å². The molecule has 4 rings (SSSR count). The zero-order chi connectivity index (χ0) is 20.1. The first kappa shape index (κ1) is 19.1. The third kappa shape index (κ3) is 4.78. The molecule has 1 fully saturated rings. The van der Waals surface area contributed by atoms with Crippen LogP contribution in [0.4, 0.5) is 4.79 Å². The highest BCUT2D eigenvalue weighted by atomic mass is 16.6. The number of amides is 1. The number of hydrogen-bond donors (Lipinski definition) is 0. The van der Waals surface area contributed by atoms with Gasteiger partial charge in [-0.25, -0.2) is 4.79 Å². The number of hydrogen-bond acceptors (Lipinski definition) is 6. The number of carbonyl (C=O) groups is 1. The maximum absolute atomic E-state index is 12.3. The highest BCUT2D eigenvalue weighted by molar-refractivity contribution is 5.67. The summed E-state index contributed by atoms with van der Waals surface area (Å²) in [5.41, 5.74) is 3.12. The molecular formula is C21H24N6O2. The zero-order valence-electron chi connectivity index (χ0n) is 16.4. The molecule has 8 heteroatoms. The van der Waals surface area contributed by atoms with Crippen LogP contribution in [0, 0.1) is 6.92 Å². The number of nitrogens with zero attached hydrogens (tertiary/aromatic N) is 6. The molecule has 150 valence electrons. The maximum Gasteiger partial charge on any atom is 0.410 e. The lowest BCUT2D eigenvalue weighted by Crippen LogP contribution is -2.48. The number of rotatable bonds is 5. The molecule has 8 nitrogen and oxygen atoms in total. The molecule has 0 atom stereocenters. The second kappa shape index (κ2) is 8.83. The largest absolute Gasteiger partial charge is 0.445 e. The summed E-state index contributed by atoms with van der Waals surface area (Å²) >= 11 is 0. The van der Waals surface area contributed by atoms with Gasteiger partial charge in [0.05, 0.1) is 12.2 Å². The van der Waals surface area contributed by atoms with Crippen LogP contribution in [0.1, 0.15) is 17.0 Å². The zero-order valence-corrected chi connectivity index (χ0v) is 16.4. The second-order valence-corrected chi connectivity index (χ2v) is 7.15. The number of aryl methyl sites for hydroxylation is 1. The molecule has 0 saturated carbocycles. The van der Waals surface area contributed by atoms with Crippen molar-refractivity contribution in [2.45, 2.75) is 20.1 Å². The van der Waals surface area contributed by atoms with E-state index in [9.17, 15) is 4.79 Å². The van der Waals surface area contributed by atoms with E-state index in [1.807, 2.05) is 54.6 Å². The lowest BCUT2D eigenvalue weighted by molar-refractivity contribution is 0.0693. The van der Waals surface area contributed by atoms with Crippen molar-refractivity contribution < 1.29 is 9.53 Å². The number of aromatic nitrogens is 4. The quantitative estimate of drug-likeness (QED) is 0.664. The van der Waals surface area contributed by atoms with Gasteiger partial charge in [-0.05, 0) is 35.0 Å². The van der Waals surface area contributed by atoms with Crippen LogP contribution in [0.5, 0.6) is 0 Å². The van der Waals surface area contributed by atoms with Crippen molar-refractivity contribution in [3.8, 4) is 5.69 Å². The molecule has 0 unspecified atom stereocenters. The van der Waals surface area contributed by atoms with Crippen molar-refractivity contribution in [1.29, 1.82) is 0 Å². The Balaban J connectivity index is 1.29. The van der Waals surface area contributed by atoms with Crippen molar-refractivity contribution in [3.05, 3.63) is 71.5 Å². The van der Waals surface area contributed by atoms with Gasteiger partial charge in [-0.15, -0.1) is 5.10 Å². The van der Waals surface area contributed by atoms with Gasteiger partial charge in [0.2, 0.25) is 0 Å². The fourth-order valence-electron chi connectivity index (χ4n) is 3.29. The minimum Gasteiger partial charge on any atom is -0.445 e. The summed E-state index contributed by atoms with van der Waals surface area (Å²) < 4.78 is 7.19. The highest BCUT2D eigenvalue weighted by Gasteiger charge is 2.23. The lowest BCUT2D eigenvalue weighted by Gasteiger charge is -2.33. The fourth-order valence-corrected chi connectivity index (χ4v) is 3.29. The van der Waals surface area contributed by atoms with Crippen LogP contribution >= 0.6 is 0 Å². The van der Waals surface area contributed by atoms with E-state index in [0.717, 1.165) is 30.2 Å². The predicted molar refractivity (Wildman–Crippen MR) is 107 cm³/mol. The van der Waals surface area contributed by atoms with Gasteiger partial charge < -0.3 is 9.64 Å². The summed E-state index contributed by atoms with van der Waals surface area (Å²) in [6.07, 6.45) is -0.266. The van der Waals surface area contributed by atoms with Crippen molar-refractivity contribution in [1.82, 2.24) is 30.0 Å². The molecular weight excluding hydrogens is 368 g/mol. The van der Waals surface area contributed by atoms with Crippen LogP contribution < -0.4 is 0 Å². The standard InChI is InChI=1S/C21H24N6O2/c1-17-7-9-19(10-8-17)27-20(22-23-24-27)15-25-11-13-26(14-12-25)21(28)29-16-18-5-3-2-4-6-18/h2-10H,11-16H2,1H3. The van der Waals surface area contributed by atoms with Gasteiger partial charge in [-0.1, -0.05) is 48.0 Å². The van der Waals surface area contributed by atoms with Crippen molar-refractivity contribution in [2.75, 3.05) is 26.2 Å². The predicted octanol–water partition coefficient (Wildman–Crippen LogP) is 2.43. The van der Waals surface area contributed by atoms with E-state index >= 15 is 0 Å². The molecule has 1 aliphatic heterocycles. The smallest absolute Gasteiger partial charge is 0.410 e. The van der Waals surface area contributed by atoms with Crippen LogP contribution in [-0.4, -0.2) is 62.3 Å². The van der Waals surface area contributed by atoms with Crippen LogP contribution in [0.15, 0.2) is 54.6 Å². The van der Waals surface area contributed by atoms with Crippen LogP contribution in [-0.2, 0) is 17.9 Å². The molecule has 2 aromatic carbocycles. The highest BCUT2D eigenvalue weighted by Crippen LogP contribution is 2.13. The molecule has 2 heterocycles. The van der Waals surface area contributed by atoms with Gasteiger partial charge in [-0.3, -0.25) is 4.90 Å². The summed E-state index contributed by atoms with van der Waals surface area (Å²) in [4.78, 5) is 16.3. The van der Waals surface area contributed by atoms with Crippen LogP contribution in [0.2, 0.25) is 0 Å². The Kier molecular flexibility index (Phi) is 5.81. The minimum atomic E-state index is -0.266. The number of ether oxygens (including phenoxy) is 1. The first-order valence-corrected chi connectivity index (χ1v) is 9.71. The molecule has 0 aliphatic carbocycles. The fraction of sp³-hybridized carbons (Fsp3) is 0.333. The van der Waals surface area contributed by atoms with Crippen LogP contribution in [0.3, 0.4) is 0 Å². The normalized spacial score (nSPS) is 14.7. The average molecular weight is 392 g/mol. The molecule has 3 aromatic rings. The van der Waals surface area contributed by atoms with Crippen LogP contribution in [0.25, 0.3) is 5.69 Å². The Morgan fingerprint density at radius 3 is 2.45 bits per heavy atom.